The normalized spacial score (nSPS) is 12.3. The van der Waals surface area contributed by atoms with Gasteiger partial charge in [-0.2, -0.15) is 0 Å². The van der Waals surface area contributed by atoms with E-state index in [1.807, 2.05) is 18.7 Å². The minimum Gasteiger partial charge on any atom is -0.383 e. The number of hydrogen-bond donors (Lipinski definition) is 0. The molecule has 0 aliphatic carbocycles. The lowest BCUT2D eigenvalue weighted by molar-refractivity contribution is 0.112. The Morgan fingerprint density at radius 1 is 1.50 bits per heavy atom. The quantitative estimate of drug-likeness (QED) is 0.586. The molecule has 1 atom stereocenters. The van der Waals surface area contributed by atoms with Crippen LogP contribution in [0.15, 0.2) is 0 Å². The summed E-state index contributed by atoms with van der Waals surface area (Å²) in [5.41, 5.74) is 0.326. The van der Waals surface area contributed by atoms with E-state index in [1.54, 1.807) is 14.0 Å². The van der Waals surface area contributed by atoms with Gasteiger partial charge in [-0.25, -0.2) is 9.97 Å². The van der Waals surface area contributed by atoms with E-state index in [2.05, 4.69) is 9.97 Å². The molecule has 1 aromatic heterocycles. The molecule has 1 aromatic rings. The molecule has 18 heavy (non-hydrogen) atoms. The molecule has 6 heteroatoms. The number of rotatable bonds is 6. The van der Waals surface area contributed by atoms with Gasteiger partial charge < -0.3 is 9.64 Å². The van der Waals surface area contributed by atoms with Gasteiger partial charge in [0.25, 0.3) is 0 Å². The molecule has 0 aromatic carbocycles. The third-order valence-corrected chi connectivity index (χ3v) is 2.95. The number of hydrogen-bond acceptors (Lipinski definition) is 5. The zero-order valence-corrected chi connectivity index (χ0v) is 11.9. The van der Waals surface area contributed by atoms with Crippen molar-refractivity contribution in [3.8, 4) is 0 Å². The van der Waals surface area contributed by atoms with Crippen LogP contribution in [0, 0.1) is 6.92 Å². The Hall–Kier alpha value is -1.20. The third-order valence-electron chi connectivity index (χ3n) is 2.66. The summed E-state index contributed by atoms with van der Waals surface area (Å²) in [5.74, 6) is 1.11. The van der Waals surface area contributed by atoms with Crippen molar-refractivity contribution in [2.45, 2.75) is 26.8 Å². The van der Waals surface area contributed by atoms with E-state index >= 15 is 0 Å². The largest absolute Gasteiger partial charge is 0.383 e. The Kier molecular flexibility index (Phi) is 5.50. The molecule has 0 saturated carbocycles. The van der Waals surface area contributed by atoms with Crippen LogP contribution in [0.4, 0.5) is 5.82 Å². The molecule has 0 amide bonds. The molecule has 0 saturated heterocycles. The monoisotopic (exact) mass is 271 g/mol. The fourth-order valence-electron chi connectivity index (χ4n) is 1.85. The molecule has 1 unspecified atom stereocenters. The minimum atomic E-state index is 0.101. The first kappa shape index (κ1) is 14.9. The summed E-state index contributed by atoms with van der Waals surface area (Å²) in [7, 11) is 1.64. The topological polar surface area (TPSA) is 55.3 Å². The van der Waals surface area contributed by atoms with Crippen molar-refractivity contribution in [1.82, 2.24) is 9.97 Å². The number of nitrogens with zero attached hydrogens (tertiary/aromatic N) is 3. The molecule has 0 spiro atoms. The maximum absolute atomic E-state index is 11.1. The molecule has 1 rings (SSSR count). The molecule has 0 fully saturated rings. The van der Waals surface area contributed by atoms with Crippen molar-refractivity contribution >= 4 is 23.7 Å². The Morgan fingerprint density at radius 2 is 2.17 bits per heavy atom. The Labute approximate surface area is 112 Å². The summed E-state index contributed by atoms with van der Waals surface area (Å²) in [4.78, 5) is 21.4. The summed E-state index contributed by atoms with van der Waals surface area (Å²) >= 11 is 5.98. The van der Waals surface area contributed by atoms with Gasteiger partial charge in [0.1, 0.15) is 16.8 Å². The van der Waals surface area contributed by atoms with E-state index < -0.39 is 0 Å². The predicted molar refractivity (Wildman–Crippen MR) is 71.5 cm³/mol. The lowest BCUT2D eigenvalue weighted by Crippen LogP contribution is -2.37. The SMILES string of the molecule is CCN(c1nc(C)nc(Cl)c1C=O)C(C)COC. The van der Waals surface area contributed by atoms with Crippen LogP contribution in [0.1, 0.15) is 30.0 Å². The lowest BCUT2D eigenvalue weighted by atomic mass is 10.2. The van der Waals surface area contributed by atoms with E-state index in [-0.39, 0.29) is 11.2 Å². The van der Waals surface area contributed by atoms with Gasteiger partial charge in [0.2, 0.25) is 0 Å². The molecule has 0 N–H and O–H groups in total. The number of carbonyl (C=O) groups excluding carboxylic acids is 1. The minimum absolute atomic E-state index is 0.101. The summed E-state index contributed by atoms with van der Waals surface area (Å²) in [5, 5.41) is 0.190. The van der Waals surface area contributed by atoms with Crippen LogP contribution in [0.2, 0.25) is 5.15 Å². The number of methoxy groups -OCH3 is 1. The number of aldehydes is 1. The zero-order chi connectivity index (χ0) is 13.7. The second kappa shape index (κ2) is 6.66. The molecule has 0 aliphatic heterocycles. The van der Waals surface area contributed by atoms with Crippen molar-refractivity contribution in [2.24, 2.45) is 0 Å². The average molecular weight is 272 g/mol. The highest BCUT2D eigenvalue weighted by atomic mass is 35.5. The Bertz CT molecular complexity index is 426. The summed E-state index contributed by atoms with van der Waals surface area (Å²) in [6, 6.07) is 0.101. The number of carbonyl (C=O) groups is 1. The molecule has 5 nitrogen and oxygen atoms in total. The number of halogens is 1. The van der Waals surface area contributed by atoms with E-state index in [4.69, 9.17) is 16.3 Å². The smallest absolute Gasteiger partial charge is 0.156 e. The van der Waals surface area contributed by atoms with Gasteiger partial charge in [-0.15, -0.1) is 0 Å². The van der Waals surface area contributed by atoms with Crippen molar-refractivity contribution < 1.29 is 9.53 Å². The second-order valence-corrected chi connectivity index (χ2v) is 4.37. The molecule has 1 heterocycles. The number of anilines is 1. The van der Waals surface area contributed by atoms with Gasteiger partial charge in [-0.05, 0) is 20.8 Å². The third kappa shape index (κ3) is 3.17. The number of aryl methyl sites for hydroxylation is 1. The van der Waals surface area contributed by atoms with Crippen LogP contribution in [-0.4, -0.2) is 42.6 Å². The van der Waals surface area contributed by atoms with Gasteiger partial charge in [-0.3, -0.25) is 4.79 Å². The van der Waals surface area contributed by atoms with Gasteiger partial charge >= 0.3 is 0 Å². The van der Waals surface area contributed by atoms with Crippen LogP contribution in [0.5, 0.6) is 0 Å². The summed E-state index contributed by atoms with van der Waals surface area (Å²) in [6.45, 7) is 7.00. The van der Waals surface area contributed by atoms with Gasteiger partial charge in [0.05, 0.1) is 18.2 Å². The van der Waals surface area contributed by atoms with Crippen molar-refractivity contribution in [1.29, 1.82) is 0 Å². The molecule has 0 aliphatic rings. The van der Waals surface area contributed by atoms with Crippen LogP contribution >= 0.6 is 11.6 Å². The number of likely N-dealkylation sites (N-methyl/N-ethyl adjacent to an activating group) is 1. The Balaban J connectivity index is 3.23. The molecular formula is C12H18ClN3O2. The highest BCUT2D eigenvalue weighted by Crippen LogP contribution is 2.24. The fraction of sp³-hybridized carbons (Fsp3) is 0.583. The maximum atomic E-state index is 11.1. The lowest BCUT2D eigenvalue weighted by Gasteiger charge is -2.29. The van der Waals surface area contributed by atoms with E-state index in [9.17, 15) is 4.79 Å². The number of ether oxygens (including phenoxy) is 1. The molecular weight excluding hydrogens is 254 g/mol. The highest BCUT2D eigenvalue weighted by Gasteiger charge is 2.20. The molecule has 0 bridgehead atoms. The maximum Gasteiger partial charge on any atom is 0.156 e. The van der Waals surface area contributed by atoms with Gasteiger partial charge in [0, 0.05) is 13.7 Å². The summed E-state index contributed by atoms with van der Waals surface area (Å²) in [6.07, 6.45) is 0.694. The van der Waals surface area contributed by atoms with Crippen molar-refractivity contribution in [2.75, 3.05) is 25.2 Å². The van der Waals surface area contributed by atoms with Crippen LogP contribution in [-0.2, 0) is 4.74 Å². The standard InChI is InChI=1S/C12H18ClN3O2/c1-5-16(8(2)7-18-4)12-10(6-17)11(13)14-9(3)15-12/h6,8H,5,7H2,1-4H3. The fourth-order valence-corrected chi connectivity index (χ4v) is 2.11. The van der Waals surface area contributed by atoms with Crippen LogP contribution in [0.25, 0.3) is 0 Å². The van der Waals surface area contributed by atoms with E-state index in [0.717, 1.165) is 0 Å². The van der Waals surface area contributed by atoms with E-state index in [0.29, 0.717) is 36.6 Å². The van der Waals surface area contributed by atoms with Crippen molar-refractivity contribution in [3.05, 3.63) is 16.5 Å². The second-order valence-electron chi connectivity index (χ2n) is 4.01. The summed E-state index contributed by atoms with van der Waals surface area (Å²) < 4.78 is 5.14. The zero-order valence-electron chi connectivity index (χ0n) is 11.1. The average Bonchev–Trinajstić information content (AvgIpc) is 2.29. The highest BCUT2D eigenvalue weighted by molar-refractivity contribution is 6.32. The van der Waals surface area contributed by atoms with Gasteiger partial charge in [0.15, 0.2) is 6.29 Å². The Morgan fingerprint density at radius 3 is 2.67 bits per heavy atom. The predicted octanol–water partition coefficient (Wildman–Crippen LogP) is 2.11. The molecule has 100 valence electrons. The molecule has 0 radical (unpaired) electrons. The van der Waals surface area contributed by atoms with Crippen LogP contribution < -0.4 is 4.90 Å². The van der Waals surface area contributed by atoms with Crippen molar-refractivity contribution in [3.63, 3.8) is 0 Å². The van der Waals surface area contributed by atoms with Crippen LogP contribution in [0.3, 0.4) is 0 Å². The first-order chi connectivity index (χ1) is 8.54. The van der Waals surface area contributed by atoms with Gasteiger partial charge in [-0.1, -0.05) is 11.6 Å². The number of aromatic nitrogens is 2. The first-order valence-corrected chi connectivity index (χ1v) is 6.17. The first-order valence-electron chi connectivity index (χ1n) is 5.80. The van der Waals surface area contributed by atoms with E-state index in [1.165, 1.54) is 0 Å².